The lowest BCUT2D eigenvalue weighted by Gasteiger charge is -2.32. The Kier molecular flexibility index (Phi) is 6.45. The Bertz CT molecular complexity index is 601. The van der Waals surface area contributed by atoms with Crippen molar-refractivity contribution in [2.75, 3.05) is 53.4 Å². The fourth-order valence-electron chi connectivity index (χ4n) is 2.31. The van der Waals surface area contributed by atoms with Gasteiger partial charge in [0.2, 0.25) is 10.0 Å². The number of rotatable bonds is 6. The van der Waals surface area contributed by atoms with Gasteiger partial charge in [-0.05, 0) is 47.8 Å². The Balaban J connectivity index is 1.89. The van der Waals surface area contributed by atoms with Crippen molar-refractivity contribution < 1.29 is 13.2 Å². The average molecular weight is 439 g/mol. The molecule has 0 aliphatic carbocycles. The second kappa shape index (κ2) is 7.91. The first-order valence-corrected chi connectivity index (χ1v) is 9.72. The summed E-state index contributed by atoms with van der Waals surface area (Å²) in [7, 11) is 0.205. The number of benzene rings is 1. The fraction of sp³-hybridized carbons (Fsp3) is 0.571. The van der Waals surface area contributed by atoms with Crippen molar-refractivity contribution in [3.05, 3.63) is 21.8 Å². The Morgan fingerprint density at radius 3 is 2.55 bits per heavy atom. The highest BCUT2D eigenvalue weighted by Crippen LogP contribution is 2.23. The molecule has 0 spiro atoms. The van der Waals surface area contributed by atoms with Crippen LogP contribution in [-0.4, -0.2) is 71.6 Å². The van der Waals surface area contributed by atoms with Gasteiger partial charge in [-0.15, -0.1) is 0 Å². The fourth-order valence-corrected chi connectivity index (χ4v) is 4.30. The first-order chi connectivity index (χ1) is 10.4. The highest BCUT2D eigenvalue weighted by molar-refractivity contribution is 14.1. The number of methoxy groups -OCH3 is 1. The zero-order valence-electron chi connectivity index (χ0n) is 12.9. The van der Waals surface area contributed by atoms with Gasteiger partial charge in [0.25, 0.3) is 0 Å². The first-order valence-electron chi connectivity index (χ1n) is 7.16. The summed E-state index contributed by atoms with van der Waals surface area (Å²) in [6, 6.07) is 4.87. The summed E-state index contributed by atoms with van der Waals surface area (Å²) in [5.41, 5.74) is 0. The number of likely N-dealkylation sites (N-methyl/N-ethyl adjacent to an activating group) is 1. The smallest absolute Gasteiger partial charge is 0.240 e. The van der Waals surface area contributed by atoms with Crippen molar-refractivity contribution in [2.24, 2.45) is 0 Å². The molecule has 0 unspecified atom stereocenters. The Morgan fingerprint density at radius 1 is 1.27 bits per heavy atom. The number of hydrogen-bond donors (Lipinski definition) is 1. The number of halogens is 1. The van der Waals surface area contributed by atoms with Crippen LogP contribution in [0.15, 0.2) is 23.1 Å². The lowest BCUT2D eigenvalue weighted by atomic mass is 10.3. The predicted octanol–water partition coefficient (Wildman–Crippen LogP) is 0.825. The Labute approximate surface area is 146 Å². The minimum absolute atomic E-state index is 0.274. The van der Waals surface area contributed by atoms with Crippen molar-refractivity contribution >= 4 is 32.6 Å². The molecule has 0 radical (unpaired) electrons. The maximum atomic E-state index is 12.3. The summed E-state index contributed by atoms with van der Waals surface area (Å²) in [6.07, 6.45) is 0. The second-order valence-electron chi connectivity index (χ2n) is 5.34. The maximum Gasteiger partial charge on any atom is 0.240 e. The van der Waals surface area contributed by atoms with Crippen molar-refractivity contribution in [1.82, 2.24) is 14.5 Å². The average Bonchev–Trinajstić information content (AvgIpc) is 2.49. The normalized spacial score (nSPS) is 17.6. The summed E-state index contributed by atoms with van der Waals surface area (Å²) < 4.78 is 33.2. The zero-order chi connectivity index (χ0) is 16.2. The third-order valence-corrected chi connectivity index (χ3v) is 6.05. The van der Waals surface area contributed by atoms with Gasteiger partial charge >= 0.3 is 0 Å². The van der Waals surface area contributed by atoms with Crippen LogP contribution in [0.1, 0.15) is 0 Å². The number of hydrogen-bond acceptors (Lipinski definition) is 5. The quantitative estimate of drug-likeness (QED) is 0.666. The lowest BCUT2D eigenvalue weighted by molar-refractivity contribution is 0.156. The summed E-state index contributed by atoms with van der Waals surface area (Å²) >= 11 is 2.07. The molecule has 1 fully saturated rings. The molecule has 1 aromatic carbocycles. The topological polar surface area (TPSA) is 61.9 Å². The molecule has 1 aliphatic heterocycles. The zero-order valence-corrected chi connectivity index (χ0v) is 15.9. The molecule has 0 saturated carbocycles. The molecule has 1 saturated heterocycles. The molecule has 1 aliphatic rings. The van der Waals surface area contributed by atoms with Gasteiger partial charge in [-0.2, -0.15) is 0 Å². The van der Waals surface area contributed by atoms with Gasteiger partial charge in [0.1, 0.15) is 5.75 Å². The van der Waals surface area contributed by atoms with E-state index in [0.29, 0.717) is 12.3 Å². The minimum atomic E-state index is -3.47. The van der Waals surface area contributed by atoms with Gasteiger partial charge < -0.3 is 9.64 Å². The molecule has 0 aromatic heterocycles. The van der Waals surface area contributed by atoms with Crippen molar-refractivity contribution in [2.45, 2.75) is 4.90 Å². The largest absolute Gasteiger partial charge is 0.496 e. The molecule has 2 rings (SSSR count). The molecule has 1 N–H and O–H groups in total. The third kappa shape index (κ3) is 4.79. The molecule has 124 valence electrons. The molecule has 0 bridgehead atoms. The minimum Gasteiger partial charge on any atom is -0.496 e. The van der Waals surface area contributed by atoms with E-state index >= 15 is 0 Å². The van der Waals surface area contributed by atoms with Gasteiger partial charge in [-0.25, -0.2) is 13.1 Å². The number of nitrogens with one attached hydrogen (secondary N) is 1. The van der Waals surface area contributed by atoms with Gasteiger partial charge in [0.15, 0.2) is 0 Å². The third-order valence-electron chi connectivity index (χ3n) is 3.75. The van der Waals surface area contributed by atoms with Crippen LogP contribution in [0.4, 0.5) is 0 Å². The molecular formula is C14H22IN3O3S. The van der Waals surface area contributed by atoms with Crippen LogP contribution < -0.4 is 9.46 Å². The Hall–Kier alpha value is -0.420. The summed E-state index contributed by atoms with van der Waals surface area (Å²) in [5.74, 6) is 0.678. The van der Waals surface area contributed by atoms with Crippen LogP contribution in [0.5, 0.6) is 5.75 Å². The summed E-state index contributed by atoms with van der Waals surface area (Å²) in [4.78, 5) is 4.83. The molecule has 0 atom stereocenters. The van der Waals surface area contributed by atoms with Crippen LogP contribution in [0.25, 0.3) is 0 Å². The maximum absolute atomic E-state index is 12.3. The first kappa shape index (κ1) is 17.9. The summed E-state index contributed by atoms with van der Waals surface area (Å²) in [5, 5.41) is 0. The van der Waals surface area contributed by atoms with Crippen molar-refractivity contribution in [3.63, 3.8) is 0 Å². The van der Waals surface area contributed by atoms with Crippen LogP contribution in [0.2, 0.25) is 0 Å². The van der Waals surface area contributed by atoms with E-state index in [1.165, 1.54) is 0 Å². The predicted molar refractivity (Wildman–Crippen MR) is 94.8 cm³/mol. The van der Waals surface area contributed by atoms with Gasteiger partial charge in [-0.1, -0.05) is 0 Å². The van der Waals surface area contributed by atoms with E-state index < -0.39 is 10.0 Å². The molecule has 8 heteroatoms. The molecular weight excluding hydrogens is 417 g/mol. The van der Waals surface area contributed by atoms with Crippen molar-refractivity contribution in [1.29, 1.82) is 0 Å². The van der Waals surface area contributed by atoms with E-state index in [1.807, 2.05) is 0 Å². The van der Waals surface area contributed by atoms with E-state index in [2.05, 4.69) is 44.2 Å². The van der Waals surface area contributed by atoms with E-state index in [0.717, 1.165) is 36.3 Å². The SMILES string of the molecule is COc1ccc(S(=O)(=O)NCCN2CCN(C)CC2)cc1I. The monoisotopic (exact) mass is 439 g/mol. The van der Waals surface area contributed by atoms with E-state index in [4.69, 9.17) is 4.74 Å². The number of piperazine rings is 1. The summed E-state index contributed by atoms with van der Waals surface area (Å²) in [6.45, 7) is 5.19. The van der Waals surface area contributed by atoms with Gasteiger partial charge in [0, 0.05) is 39.3 Å². The Morgan fingerprint density at radius 2 is 1.95 bits per heavy atom. The van der Waals surface area contributed by atoms with Crippen LogP contribution in [-0.2, 0) is 10.0 Å². The number of nitrogens with zero attached hydrogens (tertiary/aromatic N) is 2. The van der Waals surface area contributed by atoms with Gasteiger partial charge in [-0.3, -0.25) is 4.90 Å². The van der Waals surface area contributed by atoms with Crippen LogP contribution in [0.3, 0.4) is 0 Å². The molecule has 22 heavy (non-hydrogen) atoms. The molecule has 1 heterocycles. The van der Waals surface area contributed by atoms with Gasteiger partial charge in [0.05, 0.1) is 15.6 Å². The van der Waals surface area contributed by atoms with E-state index in [1.54, 1.807) is 25.3 Å². The van der Waals surface area contributed by atoms with Crippen LogP contribution in [0, 0.1) is 3.57 Å². The number of ether oxygens (including phenoxy) is 1. The van der Waals surface area contributed by atoms with Crippen LogP contribution >= 0.6 is 22.6 Å². The number of sulfonamides is 1. The molecule has 1 aromatic rings. The highest BCUT2D eigenvalue weighted by atomic mass is 127. The lowest BCUT2D eigenvalue weighted by Crippen LogP contribution is -2.46. The molecule has 6 nitrogen and oxygen atoms in total. The molecule has 0 amide bonds. The standard InChI is InChI=1S/C14H22IN3O3S/c1-17-7-9-18(10-8-17)6-5-16-22(19,20)12-3-4-14(21-2)13(15)11-12/h3-4,11,16H,5-10H2,1-2H3. The van der Waals surface area contributed by atoms with E-state index in [-0.39, 0.29) is 4.90 Å². The second-order valence-corrected chi connectivity index (χ2v) is 8.27. The highest BCUT2D eigenvalue weighted by Gasteiger charge is 2.17. The van der Waals surface area contributed by atoms with Crippen molar-refractivity contribution in [3.8, 4) is 5.75 Å². The van der Waals surface area contributed by atoms with E-state index in [9.17, 15) is 8.42 Å².